The lowest BCUT2D eigenvalue weighted by molar-refractivity contribution is 0.109. The minimum Gasteiger partial charge on any atom is -0.329 e. The topological polar surface area (TPSA) is 32.5 Å². The van der Waals surface area contributed by atoms with Gasteiger partial charge in [0.1, 0.15) is 5.82 Å². The van der Waals surface area contributed by atoms with Crippen LogP contribution >= 0.6 is 11.6 Å². The summed E-state index contributed by atoms with van der Waals surface area (Å²) in [6, 6.07) is 5.52. The number of benzene rings is 1. The van der Waals surface area contributed by atoms with E-state index in [9.17, 15) is 4.39 Å². The van der Waals surface area contributed by atoms with Crippen LogP contribution in [0.25, 0.3) is 0 Å². The van der Waals surface area contributed by atoms with Crippen molar-refractivity contribution in [2.24, 2.45) is 5.73 Å². The molecule has 1 heterocycles. The highest BCUT2D eigenvalue weighted by molar-refractivity contribution is 6.30. The van der Waals surface area contributed by atoms with Crippen molar-refractivity contribution in [3.8, 4) is 0 Å². The predicted molar refractivity (Wildman–Crippen MR) is 81.5 cm³/mol. The third-order valence-electron chi connectivity index (χ3n) is 4.31. The highest BCUT2D eigenvalue weighted by Crippen LogP contribution is 2.27. The summed E-state index contributed by atoms with van der Waals surface area (Å²) in [7, 11) is 4.23. The van der Waals surface area contributed by atoms with Gasteiger partial charge in [0.05, 0.1) is 5.02 Å². The molecule has 1 aromatic carbocycles. The number of hydrogen-bond acceptors (Lipinski definition) is 3. The zero-order valence-electron chi connectivity index (χ0n) is 12.1. The van der Waals surface area contributed by atoms with E-state index < -0.39 is 0 Å². The second kappa shape index (κ2) is 6.85. The number of piperidine rings is 1. The highest BCUT2D eigenvalue weighted by atomic mass is 35.5. The summed E-state index contributed by atoms with van der Waals surface area (Å²) < 4.78 is 13.6. The molecule has 1 fully saturated rings. The summed E-state index contributed by atoms with van der Waals surface area (Å²) in [5.41, 5.74) is 6.82. The summed E-state index contributed by atoms with van der Waals surface area (Å²) in [5.74, 6) is -0.376. The molecule has 0 radical (unpaired) electrons. The molecular formula is C15H23ClFN3. The molecule has 0 amide bonds. The molecule has 1 aromatic rings. The fourth-order valence-electron chi connectivity index (χ4n) is 2.91. The van der Waals surface area contributed by atoms with Crippen molar-refractivity contribution in [2.45, 2.75) is 24.9 Å². The highest BCUT2D eigenvalue weighted by Gasteiger charge is 2.26. The van der Waals surface area contributed by atoms with Crippen LogP contribution in [-0.4, -0.2) is 49.6 Å². The third-order valence-corrected chi connectivity index (χ3v) is 4.61. The van der Waals surface area contributed by atoms with Gasteiger partial charge < -0.3 is 10.6 Å². The first-order chi connectivity index (χ1) is 9.52. The Morgan fingerprint density at radius 3 is 2.65 bits per heavy atom. The first-order valence-corrected chi connectivity index (χ1v) is 7.46. The largest absolute Gasteiger partial charge is 0.329 e. The van der Waals surface area contributed by atoms with E-state index in [0.29, 0.717) is 12.6 Å². The fourth-order valence-corrected chi connectivity index (χ4v) is 3.03. The van der Waals surface area contributed by atoms with Crippen LogP contribution in [0.4, 0.5) is 4.39 Å². The Morgan fingerprint density at radius 2 is 2.10 bits per heavy atom. The Balaban J connectivity index is 2.12. The van der Waals surface area contributed by atoms with Crippen LogP contribution in [0.15, 0.2) is 18.2 Å². The predicted octanol–water partition coefficient (Wildman–Crippen LogP) is 2.50. The lowest BCUT2D eigenvalue weighted by Crippen LogP contribution is -2.45. The maximum atomic E-state index is 13.6. The molecule has 1 aliphatic heterocycles. The van der Waals surface area contributed by atoms with Crippen molar-refractivity contribution in [1.29, 1.82) is 0 Å². The first kappa shape index (κ1) is 15.7. The molecule has 1 aliphatic rings. The number of nitrogens with zero attached hydrogens (tertiary/aromatic N) is 2. The Hall–Kier alpha value is -0.680. The van der Waals surface area contributed by atoms with E-state index in [2.05, 4.69) is 23.9 Å². The molecule has 0 bridgehead atoms. The van der Waals surface area contributed by atoms with Gasteiger partial charge in [0.25, 0.3) is 0 Å². The molecule has 0 aliphatic carbocycles. The van der Waals surface area contributed by atoms with Gasteiger partial charge in [-0.2, -0.15) is 0 Å². The van der Waals surface area contributed by atoms with Gasteiger partial charge in [-0.3, -0.25) is 4.90 Å². The van der Waals surface area contributed by atoms with Gasteiger partial charge in [-0.1, -0.05) is 17.7 Å². The molecule has 1 atom stereocenters. The average molecular weight is 300 g/mol. The molecule has 0 spiro atoms. The van der Waals surface area contributed by atoms with E-state index in [0.717, 1.165) is 31.5 Å². The quantitative estimate of drug-likeness (QED) is 0.927. The van der Waals surface area contributed by atoms with Crippen LogP contribution in [0.1, 0.15) is 24.4 Å². The van der Waals surface area contributed by atoms with E-state index >= 15 is 0 Å². The number of rotatable bonds is 4. The minimum atomic E-state index is -0.376. The minimum absolute atomic E-state index is 0.0372. The van der Waals surface area contributed by atoms with Gasteiger partial charge in [-0.15, -0.1) is 0 Å². The number of nitrogens with two attached hydrogens (primary N) is 1. The summed E-state index contributed by atoms with van der Waals surface area (Å²) in [4.78, 5) is 4.62. The molecule has 3 nitrogen and oxygen atoms in total. The SMILES string of the molecule is CN1CCC(N(C)C(CN)c2ccc(Cl)c(F)c2)CC1. The molecule has 1 unspecified atom stereocenters. The van der Waals surface area contributed by atoms with Crippen molar-refractivity contribution in [3.05, 3.63) is 34.6 Å². The summed E-state index contributed by atoms with van der Waals surface area (Å²) in [5, 5.41) is 0.159. The van der Waals surface area contributed by atoms with Gasteiger partial charge >= 0.3 is 0 Å². The first-order valence-electron chi connectivity index (χ1n) is 7.08. The Bertz CT molecular complexity index is 447. The van der Waals surface area contributed by atoms with E-state index in [-0.39, 0.29) is 16.9 Å². The molecule has 0 aromatic heterocycles. The van der Waals surface area contributed by atoms with Crippen LogP contribution in [0.5, 0.6) is 0 Å². The summed E-state index contributed by atoms with van der Waals surface area (Å²) in [6.45, 7) is 2.67. The average Bonchev–Trinajstić information content (AvgIpc) is 2.44. The van der Waals surface area contributed by atoms with Crippen LogP contribution in [-0.2, 0) is 0 Å². The third kappa shape index (κ3) is 3.50. The zero-order valence-corrected chi connectivity index (χ0v) is 12.9. The van der Waals surface area contributed by atoms with Gasteiger partial charge in [-0.05, 0) is 57.7 Å². The molecule has 1 saturated heterocycles. The van der Waals surface area contributed by atoms with Crippen molar-refractivity contribution in [3.63, 3.8) is 0 Å². The monoisotopic (exact) mass is 299 g/mol. The van der Waals surface area contributed by atoms with Crippen molar-refractivity contribution < 1.29 is 4.39 Å². The second-order valence-corrected chi connectivity index (χ2v) is 6.03. The van der Waals surface area contributed by atoms with Crippen LogP contribution in [0.3, 0.4) is 0 Å². The van der Waals surface area contributed by atoms with Gasteiger partial charge in [0, 0.05) is 18.6 Å². The Labute approximate surface area is 125 Å². The molecular weight excluding hydrogens is 277 g/mol. The second-order valence-electron chi connectivity index (χ2n) is 5.62. The Morgan fingerprint density at radius 1 is 1.45 bits per heavy atom. The van der Waals surface area contributed by atoms with Crippen LogP contribution in [0.2, 0.25) is 5.02 Å². The number of likely N-dealkylation sites (N-methyl/N-ethyl adjacent to an activating group) is 1. The maximum absolute atomic E-state index is 13.6. The van der Waals surface area contributed by atoms with E-state index in [1.807, 2.05) is 6.07 Å². The van der Waals surface area contributed by atoms with Crippen molar-refractivity contribution >= 4 is 11.6 Å². The van der Waals surface area contributed by atoms with Crippen molar-refractivity contribution in [2.75, 3.05) is 33.7 Å². The van der Waals surface area contributed by atoms with Crippen molar-refractivity contribution in [1.82, 2.24) is 9.80 Å². The maximum Gasteiger partial charge on any atom is 0.142 e. The summed E-state index contributed by atoms with van der Waals surface area (Å²) >= 11 is 5.75. The lowest BCUT2D eigenvalue weighted by Gasteiger charge is -2.39. The molecule has 0 saturated carbocycles. The number of hydrogen-bond donors (Lipinski definition) is 1. The van der Waals surface area contributed by atoms with E-state index in [1.165, 1.54) is 6.07 Å². The normalized spacial score (nSPS) is 19.5. The van der Waals surface area contributed by atoms with Crippen LogP contribution in [0, 0.1) is 5.82 Å². The zero-order chi connectivity index (χ0) is 14.7. The fraction of sp³-hybridized carbons (Fsp3) is 0.600. The smallest absolute Gasteiger partial charge is 0.142 e. The standard InChI is InChI=1S/C15H23ClFN3/c1-19-7-5-12(6-8-19)20(2)15(10-18)11-3-4-13(16)14(17)9-11/h3-4,9,12,15H,5-8,10,18H2,1-2H3. The molecule has 20 heavy (non-hydrogen) atoms. The van der Waals surface area contributed by atoms with E-state index in [1.54, 1.807) is 6.07 Å². The van der Waals surface area contributed by atoms with Crippen LogP contribution < -0.4 is 5.73 Å². The number of likely N-dealkylation sites (tertiary alicyclic amines) is 1. The molecule has 112 valence electrons. The Kier molecular flexibility index (Phi) is 5.38. The van der Waals surface area contributed by atoms with Gasteiger partial charge in [-0.25, -0.2) is 4.39 Å². The van der Waals surface area contributed by atoms with Gasteiger partial charge in [0.2, 0.25) is 0 Å². The lowest BCUT2D eigenvalue weighted by atomic mass is 9.98. The molecule has 2 N–H and O–H groups in total. The molecule has 2 rings (SSSR count). The number of halogens is 2. The van der Waals surface area contributed by atoms with E-state index in [4.69, 9.17) is 17.3 Å². The summed E-state index contributed by atoms with van der Waals surface area (Å²) in [6.07, 6.45) is 2.25. The molecule has 5 heteroatoms. The van der Waals surface area contributed by atoms with Gasteiger partial charge in [0.15, 0.2) is 0 Å².